The summed E-state index contributed by atoms with van der Waals surface area (Å²) in [5, 5.41) is 54.1. The van der Waals surface area contributed by atoms with E-state index in [1.807, 2.05) is 0 Å². The van der Waals surface area contributed by atoms with Gasteiger partial charge in [0.15, 0.2) is 12.1 Å². The SMILES string of the molecule is CCCCCCCCCCCCCCCC(=O)N[C@H](CSC[C@@H](COC(=O)CCCCCCCCCCCCCCC)OC(=O)CCCCCCCCCCCCCCC)C(=O)Nc1cn(CC2OC(O)C(O)C(O)C2O)nn1. The predicted molar refractivity (Wildman–Crippen MR) is 319 cm³/mol. The van der Waals surface area contributed by atoms with Crippen molar-refractivity contribution < 1.29 is 53.8 Å². The zero-order valence-electron chi connectivity index (χ0n) is 50.0. The number of carbonyl (C=O) groups excluding carboxylic acids is 4. The smallest absolute Gasteiger partial charge is 0.306 e. The highest BCUT2D eigenvalue weighted by Gasteiger charge is 2.43. The van der Waals surface area contributed by atoms with Gasteiger partial charge in [0.05, 0.1) is 12.7 Å². The third kappa shape index (κ3) is 38.6. The van der Waals surface area contributed by atoms with Crippen LogP contribution in [0.25, 0.3) is 0 Å². The second-order valence-corrected chi connectivity index (χ2v) is 23.9. The van der Waals surface area contributed by atoms with E-state index in [-0.39, 0.29) is 61.2 Å². The van der Waals surface area contributed by atoms with E-state index in [9.17, 15) is 39.6 Å². The van der Waals surface area contributed by atoms with Crippen LogP contribution in [0.1, 0.15) is 290 Å². The number of nitrogens with zero attached hydrogens (tertiary/aromatic N) is 3. The second kappa shape index (κ2) is 49.8. The van der Waals surface area contributed by atoms with E-state index >= 15 is 0 Å². The molecule has 6 N–H and O–H groups in total. The van der Waals surface area contributed by atoms with Crippen LogP contribution in [0.2, 0.25) is 0 Å². The molecule has 0 aromatic carbocycles. The summed E-state index contributed by atoms with van der Waals surface area (Å²) in [6.07, 6.45) is 40.4. The van der Waals surface area contributed by atoms with Crippen LogP contribution < -0.4 is 10.6 Å². The highest BCUT2D eigenvalue weighted by Crippen LogP contribution is 2.22. The van der Waals surface area contributed by atoms with E-state index in [2.05, 4.69) is 41.7 Å². The Morgan fingerprint density at radius 3 is 1.39 bits per heavy atom. The van der Waals surface area contributed by atoms with Gasteiger partial charge in [-0.25, -0.2) is 4.68 Å². The molecule has 1 aromatic heterocycles. The number of amides is 2. The molecule has 1 aliphatic rings. The number of aromatic nitrogens is 3. The Balaban J connectivity index is 1.98. The van der Waals surface area contributed by atoms with Crippen LogP contribution in [0.3, 0.4) is 0 Å². The summed E-state index contributed by atoms with van der Waals surface area (Å²) in [5.41, 5.74) is 0. The number of aliphatic hydroxyl groups excluding tert-OH is 4. The van der Waals surface area contributed by atoms with Gasteiger partial charge in [0, 0.05) is 30.8 Å². The minimum atomic E-state index is -1.72. The zero-order valence-corrected chi connectivity index (χ0v) is 50.9. The summed E-state index contributed by atoms with van der Waals surface area (Å²) in [7, 11) is 0. The Morgan fingerprint density at radius 2 is 0.949 bits per heavy atom. The molecule has 1 aromatic rings. The quantitative estimate of drug-likeness (QED) is 0.0263. The molecule has 0 radical (unpaired) electrons. The number of thioether (sulfide) groups is 1. The molecule has 16 nitrogen and oxygen atoms in total. The van der Waals surface area contributed by atoms with Gasteiger partial charge in [-0.3, -0.25) is 19.2 Å². The van der Waals surface area contributed by atoms with Crippen molar-refractivity contribution in [1.29, 1.82) is 0 Å². The molecule has 1 aliphatic heterocycles. The van der Waals surface area contributed by atoms with Gasteiger partial charge < -0.3 is 45.3 Å². The van der Waals surface area contributed by atoms with Gasteiger partial charge in [-0.1, -0.05) is 257 Å². The Kier molecular flexibility index (Phi) is 45.5. The lowest BCUT2D eigenvalue weighted by atomic mass is 9.99. The van der Waals surface area contributed by atoms with Crippen molar-refractivity contribution in [3.05, 3.63) is 6.20 Å². The minimum Gasteiger partial charge on any atom is -0.462 e. The molecule has 5 unspecified atom stereocenters. The Morgan fingerprint density at radius 1 is 0.544 bits per heavy atom. The summed E-state index contributed by atoms with van der Waals surface area (Å²) in [6, 6.07) is -1.01. The zero-order chi connectivity index (χ0) is 57.4. The van der Waals surface area contributed by atoms with Crippen LogP contribution >= 0.6 is 11.8 Å². The first-order valence-corrected chi connectivity index (χ1v) is 33.4. The first-order valence-electron chi connectivity index (χ1n) is 32.3. The number of hydrogen-bond donors (Lipinski definition) is 6. The third-order valence-electron chi connectivity index (χ3n) is 15.3. The molecule has 79 heavy (non-hydrogen) atoms. The molecular weight excluding hydrogens is 1020 g/mol. The summed E-state index contributed by atoms with van der Waals surface area (Å²) >= 11 is 1.31. The number of carbonyl (C=O) groups is 4. The molecule has 2 amide bonds. The van der Waals surface area contributed by atoms with Gasteiger partial charge >= 0.3 is 11.9 Å². The van der Waals surface area contributed by atoms with E-state index < -0.39 is 48.8 Å². The van der Waals surface area contributed by atoms with Crippen LogP contribution in [-0.4, -0.2) is 120 Å². The van der Waals surface area contributed by atoms with Crippen molar-refractivity contribution in [3.63, 3.8) is 0 Å². The highest BCUT2D eigenvalue weighted by molar-refractivity contribution is 7.99. The van der Waals surface area contributed by atoms with Crippen molar-refractivity contribution >= 4 is 41.3 Å². The number of ether oxygens (including phenoxy) is 3. The first-order chi connectivity index (χ1) is 38.5. The maximum atomic E-state index is 13.9. The molecule has 0 saturated carbocycles. The topological polar surface area (TPSA) is 232 Å². The number of nitrogens with one attached hydrogen (secondary N) is 2. The fourth-order valence-electron chi connectivity index (χ4n) is 10.2. The molecule has 0 spiro atoms. The first kappa shape index (κ1) is 72.3. The molecule has 17 heteroatoms. The minimum absolute atomic E-state index is 0.0487. The number of anilines is 1. The maximum Gasteiger partial charge on any atom is 0.306 e. The fraction of sp³-hybridized carbons (Fsp3) is 0.903. The Bertz CT molecular complexity index is 1640. The molecule has 7 atom stereocenters. The number of unbranched alkanes of at least 4 members (excludes halogenated alkanes) is 36. The second-order valence-electron chi connectivity index (χ2n) is 22.8. The molecule has 0 bridgehead atoms. The molecule has 0 aliphatic carbocycles. The van der Waals surface area contributed by atoms with E-state index in [4.69, 9.17) is 14.2 Å². The van der Waals surface area contributed by atoms with Crippen LogP contribution in [0.5, 0.6) is 0 Å². The lowest BCUT2D eigenvalue weighted by Gasteiger charge is -2.38. The van der Waals surface area contributed by atoms with Gasteiger partial charge in [-0.05, 0) is 19.3 Å². The number of esters is 2. The van der Waals surface area contributed by atoms with E-state index in [0.717, 1.165) is 57.8 Å². The van der Waals surface area contributed by atoms with E-state index in [1.54, 1.807) is 0 Å². The molecule has 2 heterocycles. The lowest BCUT2D eigenvalue weighted by molar-refractivity contribution is -0.284. The van der Waals surface area contributed by atoms with Gasteiger partial charge in [0.1, 0.15) is 43.2 Å². The predicted octanol–water partition coefficient (Wildman–Crippen LogP) is 13.1. The molecule has 1 saturated heterocycles. The monoisotopic (exact) mass is 1140 g/mol. The molecule has 2 rings (SSSR count). The van der Waals surface area contributed by atoms with Gasteiger partial charge in [-0.15, -0.1) is 5.10 Å². The summed E-state index contributed by atoms with van der Waals surface area (Å²) in [5.74, 6) is -1.11. The van der Waals surface area contributed by atoms with Crippen molar-refractivity contribution in [2.75, 3.05) is 23.4 Å². The van der Waals surface area contributed by atoms with Gasteiger partial charge in [0.25, 0.3) is 0 Å². The van der Waals surface area contributed by atoms with Crippen LogP contribution in [-0.2, 0) is 39.9 Å². The van der Waals surface area contributed by atoms with Crippen LogP contribution in [0, 0.1) is 0 Å². The fourth-order valence-corrected chi connectivity index (χ4v) is 11.2. The lowest BCUT2D eigenvalue weighted by Crippen LogP contribution is -2.58. The third-order valence-corrected chi connectivity index (χ3v) is 16.5. The Hall–Kier alpha value is -2.83. The summed E-state index contributed by atoms with van der Waals surface area (Å²) in [6.45, 7) is 6.47. The van der Waals surface area contributed by atoms with Crippen molar-refractivity contribution in [2.24, 2.45) is 0 Å². The number of rotatable bonds is 54. The van der Waals surface area contributed by atoms with E-state index in [0.29, 0.717) is 19.3 Å². The van der Waals surface area contributed by atoms with Gasteiger partial charge in [-0.2, -0.15) is 11.8 Å². The highest BCUT2D eigenvalue weighted by atomic mass is 32.2. The molecule has 1 fully saturated rings. The number of hydrogen-bond acceptors (Lipinski definition) is 14. The van der Waals surface area contributed by atoms with Crippen LogP contribution in [0.15, 0.2) is 6.20 Å². The summed E-state index contributed by atoms with van der Waals surface area (Å²) in [4.78, 5) is 53.6. The van der Waals surface area contributed by atoms with Crippen LogP contribution in [0.4, 0.5) is 5.82 Å². The maximum absolute atomic E-state index is 13.9. The normalized spacial score (nSPS) is 18.1. The van der Waals surface area contributed by atoms with Crippen molar-refractivity contribution in [2.45, 2.75) is 340 Å². The largest absolute Gasteiger partial charge is 0.462 e. The van der Waals surface area contributed by atoms with Crippen molar-refractivity contribution in [3.8, 4) is 0 Å². The summed E-state index contributed by atoms with van der Waals surface area (Å²) < 4.78 is 18.2. The Labute approximate surface area is 483 Å². The van der Waals surface area contributed by atoms with E-state index in [1.165, 1.54) is 202 Å². The number of aliphatic hydroxyl groups is 4. The standard InChI is InChI=1S/C62H115N5O11S/c1-4-7-10-13-16-19-22-25-28-31-34-37-40-43-55(68)63-52(61(74)64-54-47-67(66-65-54)46-53-58(71)59(72)60(73)62(75)78-53)50-79-49-51(77-57(70)45-42-39-36-33-30-27-24-21-18-15-12-9-6-3)48-76-56(69)44-41-38-35-32-29-26-23-20-17-14-11-8-5-2/h47,51-53,58-60,62,71-73,75H,4-46,48-50H2,1-3H3,(H,63,68)(H,64,74)/t51-,52-,53?,58?,59?,60?,62?/m1/s1. The molecule has 460 valence electrons. The average molecular weight is 1140 g/mol. The van der Waals surface area contributed by atoms with Gasteiger partial charge in [0.2, 0.25) is 11.8 Å². The average Bonchev–Trinajstić information content (AvgIpc) is 3.89. The van der Waals surface area contributed by atoms with Crippen molar-refractivity contribution in [1.82, 2.24) is 20.3 Å². The molecular formula is C62H115N5O11S.